The van der Waals surface area contributed by atoms with Gasteiger partial charge in [-0.1, -0.05) is 17.7 Å². The van der Waals surface area contributed by atoms with E-state index in [1.807, 2.05) is 0 Å². The van der Waals surface area contributed by atoms with Gasteiger partial charge in [0.2, 0.25) is 0 Å². The van der Waals surface area contributed by atoms with Crippen LogP contribution in [-0.2, 0) is 5.88 Å². The summed E-state index contributed by atoms with van der Waals surface area (Å²) < 4.78 is 13.2. The highest BCUT2D eigenvalue weighted by Crippen LogP contribution is 2.29. The number of benzene rings is 1. The van der Waals surface area contributed by atoms with Crippen molar-refractivity contribution in [3.05, 3.63) is 52.9 Å². The summed E-state index contributed by atoms with van der Waals surface area (Å²) in [6, 6.07) is 8.00. The van der Waals surface area contributed by atoms with Gasteiger partial charge in [0.15, 0.2) is 5.82 Å². The Labute approximate surface area is 115 Å². The van der Waals surface area contributed by atoms with Crippen molar-refractivity contribution in [2.24, 2.45) is 0 Å². The summed E-state index contributed by atoms with van der Waals surface area (Å²) in [7, 11) is 1.78. The first-order valence-corrected chi connectivity index (χ1v) is 6.22. The second-order valence-corrected chi connectivity index (χ2v) is 4.50. The number of anilines is 2. The van der Waals surface area contributed by atoms with Crippen LogP contribution >= 0.6 is 23.2 Å². The molecule has 94 valence electrons. The van der Waals surface area contributed by atoms with Crippen molar-refractivity contribution in [1.29, 1.82) is 0 Å². The molecule has 18 heavy (non-hydrogen) atoms. The van der Waals surface area contributed by atoms with Gasteiger partial charge < -0.3 is 4.90 Å². The fourth-order valence-electron chi connectivity index (χ4n) is 1.60. The normalized spacial score (nSPS) is 10.4. The van der Waals surface area contributed by atoms with Gasteiger partial charge in [-0.25, -0.2) is 9.37 Å². The molecule has 0 amide bonds. The number of nitrogens with zero attached hydrogens (tertiary/aromatic N) is 2. The first-order chi connectivity index (χ1) is 8.61. The van der Waals surface area contributed by atoms with Crippen LogP contribution in [0.25, 0.3) is 0 Å². The van der Waals surface area contributed by atoms with Crippen LogP contribution in [0.2, 0.25) is 5.02 Å². The monoisotopic (exact) mass is 284 g/mol. The van der Waals surface area contributed by atoms with Crippen LogP contribution in [0.4, 0.5) is 15.9 Å². The molecule has 0 bridgehead atoms. The Morgan fingerprint density at radius 2 is 2.11 bits per heavy atom. The molecule has 0 aliphatic heterocycles. The predicted molar refractivity (Wildman–Crippen MR) is 73.3 cm³/mol. The SMILES string of the molecule is CN(c1cccc(F)c1)c1ncc(CCl)cc1Cl. The van der Waals surface area contributed by atoms with Gasteiger partial charge in [-0.2, -0.15) is 0 Å². The standard InChI is InChI=1S/C13H11Cl2FN2/c1-18(11-4-2-3-10(16)6-11)13-12(15)5-9(7-14)8-17-13/h2-6,8H,7H2,1H3. The number of pyridine rings is 1. The molecule has 0 aliphatic rings. The highest BCUT2D eigenvalue weighted by molar-refractivity contribution is 6.33. The Bertz CT molecular complexity index is 560. The maximum absolute atomic E-state index is 13.2. The van der Waals surface area contributed by atoms with Crippen LogP contribution in [0.3, 0.4) is 0 Å². The fraction of sp³-hybridized carbons (Fsp3) is 0.154. The zero-order valence-electron chi connectivity index (χ0n) is 9.70. The number of aromatic nitrogens is 1. The van der Waals surface area contributed by atoms with Gasteiger partial charge in [-0.05, 0) is 29.8 Å². The average Bonchev–Trinajstić information content (AvgIpc) is 2.37. The van der Waals surface area contributed by atoms with Crippen LogP contribution in [-0.4, -0.2) is 12.0 Å². The van der Waals surface area contributed by atoms with Crippen LogP contribution in [0.5, 0.6) is 0 Å². The van der Waals surface area contributed by atoms with Crippen molar-refractivity contribution in [2.75, 3.05) is 11.9 Å². The first-order valence-electron chi connectivity index (χ1n) is 5.31. The van der Waals surface area contributed by atoms with Crippen molar-refractivity contribution in [1.82, 2.24) is 4.98 Å². The van der Waals surface area contributed by atoms with Crippen LogP contribution in [0, 0.1) is 5.82 Å². The Morgan fingerprint density at radius 1 is 1.33 bits per heavy atom. The van der Waals surface area contributed by atoms with E-state index in [2.05, 4.69) is 4.98 Å². The molecule has 5 heteroatoms. The second-order valence-electron chi connectivity index (χ2n) is 3.82. The van der Waals surface area contributed by atoms with E-state index in [4.69, 9.17) is 23.2 Å². The van der Waals surface area contributed by atoms with E-state index in [9.17, 15) is 4.39 Å². The molecular weight excluding hydrogens is 274 g/mol. The van der Waals surface area contributed by atoms with Gasteiger partial charge in [0.1, 0.15) is 5.82 Å². The lowest BCUT2D eigenvalue weighted by Crippen LogP contribution is -2.12. The number of alkyl halides is 1. The Hall–Kier alpha value is -1.32. The summed E-state index contributed by atoms with van der Waals surface area (Å²) in [6.45, 7) is 0. The zero-order chi connectivity index (χ0) is 13.1. The van der Waals surface area contributed by atoms with Crippen molar-refractivity contribution < 1.29 is 4.39 Å². The summed E-state index contributed by atoms with van der Waals surface area (Å²) in [5.74, 6) is 0.625. The molecule has 1 aromatic heterocycles. The fourth-order valence-corrected chi connectivity index (χ4v) is 2.06. The van der Waals surface area contributed by atoms with Crippen molar-refractivity contribution in [3.8, 4) is 0 Å². The summed E-state index contributed by atoms with van der Waals surface area (Å²) in [5, 5.41) is 0.486. The van der Waals surface area contributed by atoms with E-state index in [1.54, 1.807) is 36.3 Å². The molecule has 2 nitrogen and oxygen atoms in total. The van der Waals surface area contributed by atoms with Crippen molar-refractivity contribution >= 4 is 34.7 Å². The van der Waals surface area contributed by atoms with Gasteiger partial charge in [0, 0.05) is 24.8 Å². The molecule has 0 saturated heterocycles. The molecule has 0 unspecified atom stereocenters. The van der Waals surface area contributed by atoms with Crippen molar-refractivity contribution in [3.63, 3.8) is 0 Å². The lowest BCUT2D eigenvalue weighted by Gasteiger charge is -2.19. The molecule has 0 atom stereocenters. The molecule has 2 rings (SSSR count). The lowest BCUT2D eigenvalue weighted by atomic mass is 10.2. The van der Waals surface area contributed by atoms with E-state index < -0.39 is 0 Å². The predicted octanol–water partition coefficient (Wildman–Crippen LogP) is 4.38. The number of halogens is 3. The van der Waals surface area contributed by atoms with Gasteiger partial charge >= 0.3 is 0 Å². The van der Waals surface area contributed by atoms with Crippen LogP contribution < -0.4 is 4.90 Å². The molecule has 0 saturated carbocycles. The third-order valence-corrected chi connectivity index (χ3v) is 3.13. The highest BCUT2D eigenvalue weighted by Gasteiger charge is 2.11. The van der Waals surface area contributed by atoms with Crippen molar-refractivity contribution in [2.45, 2.75) is 5.88 Å². The Balaban J connectivity index is 2.37. The molecule has 0 radical (unpaired) electrons. The van der Waals surface area contributed by atoms with E-state index in [0.29, 0.717) is 22.4 Å². The molecule has 0 aliphatic carbocycles. The van der Waals surface area contributed by atoms with Gasteiger partial charge in [0.05, 0.1) is 5.02 Å². The third kappa shape index (κ3) is 2.74. The molecule has 0 spiro atoms. The molecule has 0 N–H and O–H groups in total. The maximum Gasteiger partial charge on any atom is 0.151 e. The molecular formula is C13H11Cl2FN2. The van der Waals surface area contributed by atoms with Crippen LogP contribution in [0.15, 0.2) is 36.5 Å². The summed E-state index contributed by atoms with van der Waals surface area (Å²) >= 11 is 11.8. The van der Waals surface area contributed by atoms with E-state index >= 15 is 0 Å². The maximum atomic E-state index is 13.2. The Kier molecular flexibility index (Phi) is 4.04. The van der Waals surface area contributed by atoms with E-state index in [-0.39, 0.29) is 5.82 Å². The van der Waals surface area contributed by atoms with Gasteiger partial charge in [0.25, 0.3) is 0 Å². The molecule has 1 aromatic carbocycles. The smallest absolute Gasteiger partial charge is 0.151 e. The van der Waals surface area contributed by atoms with Gasteiger partial charge in [-0.3, -0.25) is 0 Å². The largest absolute Gasteiger partial charge is 0.328 e. The van der Waals surface area contributed by atoms with Gasteiger partial charge in [-0.15, -0.1) is 11.6 Å². The minimum atomic E-state index is -0.298. The van der Waals surface area contributed by atoms with Crippen LogP contribution in [0.1, 0.15) is 5.56 Å². The summed E-state index contributed by atoms with van der Waals surface area (Å²) in [5.41, 5.74) is 1.53. The topological polar surface area (TPSA) is 16.1 Å². The van der Waals surface area contributed by atoms with E-state index in [1.165, 1.54) is 12.1 Å². The number of rotatable bonds is 3. The Morgan fingerprint density at radius 3 is 2.72 bits per heavy atom. The third-order valence-electron chi connectivity index (χ3n) is 2.55. The molecule has 0 fully saturated rings. The minimum Gasteiger partial charge on any atom is -0.328 e. The average molecular weight is 285 g/mol. The minimum absolute atomic E-state index is 0.298. The number of hydrogen-bond donors (Lipinski definition) is 0. The summed E-state index contributed by atoms with van der Waals surface area (Å²) in [6.07, 6.45) is 1.66. The molecule has 1 heterocycles. The highest BCUT2D eigenvalue weighted by atomic mass is 35.5. The first kappa shape index (κ1) is 13.1. The van der Waals surface area contributed by atoms with E-state index in [0.717, 1.165) is 5.56 Å². The summed E-state index contributed by atoms with van der Waals surface area (Å²) in [4.78, 5) is 5.97. The second kappa shape index (κ2) is 5.55. The number of hydrogen-bond acceptors (Lipinski definition) is 2. The zero-order valence-corrected chi connectivity index (χ0v) is 11.2. The molecule has 2 aromatic rings. The lowest BCUT2D eigenvalue weighted by molar-refractivity contribution is 0.628. The quantitative estimate of drug-likeness (QED) is 0.778.